The van der Waals surface area contributed by atoms with Crippen molar-refractivity contribution in [2.45, 2.75) is 26.5 Å². The number of rotatable bonds is 7. The van der Waals surface area contributed by atoms with Crippen LogP contribution in [0.3, 0.4) is 0 Å². The molecule has 0 aliphatic rings. The summed E-state index contributed by atoms with van der Waals surface area (Å²) in [5.74, 6) is 0.540. The molecule has 19 heavy (non-hydrogen) atoms. The van der Waals surface area contributed by atoms with E-state index in [1.807, 2.05) is 20.9 Å². The number of benzene rings is 1. The van der Waals surface area contributed by atoms with E-state index in [0.29, 0.717) is 23.9 Å². The quantitative estimate of drug-likeness (QED) is 0.837. The largest absolute Gasteiger partial charge is 0.504 e. The van der Waals surface area contributed by atoms with Crippen molar-refractivity contribution in [3.63, 3.8) is 0 Å². The summed E-state index contributed by atoms with van der Waals surface area (Å²) >= 11 is 6.00. The van der Waals surface area contributed by atoms with Crippen LogP contribution in [0.1, 0.15) is 19.4 Å². The molecule has 5 heteroatoms. The van der Waals surface area contributed by atoms with Crippen LogP contribution in [0, 0.1) is 0 Å². The number of methoxy groups -OCH3 is 1. The number of likely N-dealkylation sites (N-methyl/N-ethyl adjacent to an activating group) is 1. The summed E-state index contributed by atoms with van der Waals surface area (Å²) in [4.78, 5) is 2.06. The molecule has 1 aromatic carbocycles. The van der Waals surface area contributed by atoms with Crippen LogP contribution in [0.15, 0.2) is 12.1 Å². The average Bonchev–Trinajstić information content (AvgIpc) is 2.32. The standard InChI is InChI=1S/C14H22ClNO3/c1-10(2)19-6-5-16(3)9-11-7-12(15)8-13(18-4)14(11)17/h7-8,10,17H,5-6,9H2,1-4H3. The summed E-state index contributed by atoms with van der Waals surface area (Å²) in [7, 11) is 3.48. The highest BCUT2D eigenvalue weighted by atomic mass is 35.5. The van der Waals surface area contributed by atoms with Gasteiger partial charge in [-0.3, -0.25) is 4.90 Å². The molecule has 1 rings (SSSR count). The molecule has 0 heterocycles. The second-order valence-corrected chi connectivity index (χ2v) is 5.21. The van der Waals surface area contributed by atoms with Crippen LogP contribution < -0.4 is 4.74 Å². The Kier molecular flexibility index (Phi) is 6.42. The van der Waals surface area contributed by atoms with Crippen molar-refractivity contribution >= 4 is 11.6 Å². The molecule has 0 radical (unpaired) electrons. The van der Waals surface area contributed by atoms with Crippen LogP contribution in [0.4, 0.5) is 0 Å². The predicted octanol–water partition coefficient (Wildman–Crippen LogP) is 2.91. The van der Waals surface area contributed by atoms with E-state index in [9.17, 15) is 5.11 Å². The van der Waals surface area contributed by atoms with Crippen LogP contribution in [0.2, 0.25) is 5.02 Å². The number of nitrogens with zero attached hydrogens (tertiary/aromatic N) is 1. The van der Waals surface area contributed by atoms with Gasteiger partial charge in [-0.25, -0.2) is 0 Å². The molecule has 1 N–H and O–H groups in total. The van der Waals surface area contributed by atoms with E-state index < -0.39 is 0 Å². The highest BCUT2D eigenvalue weighted by molar-refractivity contribution is 6.30. The van der Waals surface area contributed by atoms with E-state index in [1.165, 1.54) is 7.11 Å². The van der Waals surface area contributed by atoms with Gasteiger partial charge in [-0.15, -0.1) is 0 Å². The molecule has 0 bridgehead atoms. The highest BCUT2D eigenvalue weighted by Crippen LogP contribution is 2.33. The smallest absolute Gasteiger partial charge is 0.162 e. The third-order valence-corrected chi connectivity index (χ3v) is 2.92. The maximum Gasteiger partial charge on any atom is 0.162 e. The summed E-state index contributed by atoms with van der Waals surface area (Å²) < 4.78 is 10.6. The van der Waals surface area contributed by atoms with Gasteiger partial charge in [-0.2, -0.15) is 0 Å². The summed E-state index contributed by atoms with van der Waals surface area (Å²) in [6.45, 7) is 6.05. The molecule has 0 unspecified atom stereocenters. The number of halogens is 1. The molecular formula is C14H22ClNO3. The number of ether oxygens (including phenoxy) is 2. The number of phenolic OH excluding ortho intramolecular Hbond substituents is 1. The van der Waals surface area contributed by atoms with Gasteiger partial charge in [0.25, 0.3) is 0 Å². The Morgan fingerprint density at radius 2 is 2.05 bits per heavy atom. The van der Waals surface area contributed by atoms with Crippen LogP contribution in [-0.2, 0) is 11.3 Å². The summed E-state index contributed by atoms with van der Waals surface area (Å²) in [6, 6.07) is 3.35. The van der Waals surface area contributed by atoms with Crippen molar-refractivity contribution in [1.82, 2.24) is 4.90 Å². The van der Waals surface area contributed by atoms with Crippen molar-refractivity contribution in [3.05, 3.63) is 22.7 Å². The third kappa shape index (κ3) is 5.27. The topological polar surface area (TPSA) is 41.9 Å². The monoisotopic (exact) mass is 287 g/mol. The molecule has 0 fully saturated rings. The molecule has 0 aliphatic carbocycles. The van der Waals surface area contributed by atoms with Crippen molar-refractivity contribution in [1.29, 1.82) is 0 Å². The zero-order chi connectivity index (χ0) is 14.4. The van der Waals surface area contributed by atoms with E-state index in [2.05, 4.69) is 4.90 Å². The minimum Gasteiger partial charge on any atom is -0.504 e. The molecule has 0 aliphatic heterocycles. The Labute approximate surface area is 119 Å². The van der Waals surface area contributed by atoms with Crippen molar-refractivity contribution in [3.8, 4) is 11.5 Å². The predicted molar refractivity (Wildman–Crippen MR) is 77.1 cm³/mol. The first kappa shape index (κ1) is 16.1. The van der Waals surface area contributed by atoms with Crippen LogP contribution in [0.5, 0.6) is 11.5 Å². The Morgan fingerprint density at radius 1 is 1.37 bits per heavy atom. The fraction of sp³-hybridized carbons (Fsp3) is 0.571. The summed E-state index contributed by atoms with van der Waals surface area (Å²) in [5, 5.41) is 10.6. The minimum absolute atomic E-state index is 0.142. The normalized spacial score (nSPS) is 11.3. The van der Waals surface area contributed by atoms with Gasteiger partial charge in [0.15, 0.2) is 11.5 Å². The lowest BCUT2D eigenvalue weighted by Gasteiger charge is -2.19. The van der Waals surface area contributed by atoms with Gasteiger partial charge >= 0.3 is 0 Å². The Balaban J connectivity index is 2.63. The first-order valence-corrected chi connectivity index (χ1v) is 6.67. The van der Waals surface area contributed by atoms with E-state index >= 15 is 0 Å². The first-order chi connectivity index (χ1) is 8.93. The van der Waals surface area contributed by atoms with Crippen molar-refractivity contribution in [2.24, 2.45) is 0 Å². The molecular weight excluding hydrogens is 266 g/mol. The number of aromatic hydroxyl groups is 1. The molecule has 0 spiro atoms. The van der Waals surface area contributed by atoms with Crippen molar-refractivity contribution in [2.75, 3.05) is 27.3 Å². The summed E-state index contributed by atoms with van der Waals surface area (Å²) in [5.41, 5.74) is 0.747. The zero-order valence-corrected chi connectivity index (χ0v) is 12.7. The first-order valence-electron chi connectivity index (χ1n) is 6.29. The van der Waals surface area contributed by atoms with E-state index in [0.717, 1.165) is 12.1 Å². The second kappa shape index (κ2) is 7.58. The van der Waals surface area contributed by atoms with Gasteiger partial charge in [0, 0.05) is 29.7 Å². The lowest BCUT2D eigenvalue weighted by atomic mass is 10.1. The molecule has 108 valence electrons. The maximum atomic E-state index is 10.0. The lowest BCUT2D eigenvalue weighted by molar-refractivity contribution is 0.0625. The Bertz CT molecular complexity index is 410. The maximum absolute atomic E-state index is 10.0. The molecule has 1 aromatic rings. The van der Waals surface area contributed by atoms with Gasteiger partial charge in [-0.05, 0) is 27.0 Å². The van der Waals surface area contributed by atoms with Gasteiger partial charge in [0.1, 0.15) is 0 Å². The van der Waals surface area contributed by atoms with E-state index in [4.69, 9.17) is 21.1 Å². The fourth-order valence-electron chi connectivity index (χ4n) is 1.72. The fourth-order valence-corrected chi connectivity index (χ4v) is 1.95. The summed E-state index contributed by atoms with van der Waals surface area (Å²) in [6.07, 6.45) is 0.230. The number of phenols is 1. The van der Waals surface area contributed by atoms with Crippen LogP contribution in [-0.4, -0.2) is 43.4 Å². The molecule has 0 saturated carbocycles. The zero-order valence-electron chi connectivity index (χ0n) is 11.9. The van der Waals surface area contributed by atoms with Gasteiger partial charge < -0.3 is 14.6 Å². The third-order valence-electron chi connectivity index (χ3n) is 2.70. The SMILES string of the molecule is COc1cc(Cl)cc(CN(C)CCOC(C)C)c1O. The Morgan fingerprint density at radius 3 is 2.63 bits per heavy atom. The van der Waals surface area contributed by atoms with Gasteiger partial charge in [-0.1, -0.05) is 11.6 Å². The molecule has 0 amide bonds. The molecule has 0 aromatic heterocycles. The van der Waals surface area contributed by atoms with Gasteiger partial charge in [0.05, 0.1) is 19.8 Å². The lowest BCUT2D eigenvalue weighted by Crippen LogP contribution is -2.24. The average molecular weight is 288 g/mol. The minimum atomic E-state index is 0.142. The van der Waals surface area contributed by atoms with E-state index in [1.54, 1.807) is 12.1 Å². The van der Waals surface area contributed by atoms with Crippen LogP contribution in [0.25, 0.3) is 0 Å². The second-order valence-electron chi connectivity index (χ2n) is 4.77. The van der Waals surface area contributed by atoms with Gasteiger partial charge in [0.2, 0.25) is 0 Å². The van der Waals surface area contributed by atoms with Crippen molar-refractivity contribution < 1.29 is 14.6 Å². The highest BCUT2D eigenvalue weighted by Gasteiger charge is 2.12. The number of hydrogen-bond acceptors (Lipinski definition) is 4. The molecule has 4 nitrogen and oxygen atoms in total. The number of hydrogen-bond donors (Lipinski definition) is 1. The van der Waals surface area contributed by atoms with Crippen LogP contribution >= 0.6 is 11.6 Å². The molecule has 0 saturated heterocycles. The van der Waals surface area contributed by atoms with E-state index in [-0.39, 0.29) is 11.9 Å². The molecule has 0 atom stereocenters. The Hall–Kier alpha value is -0.970.